The van der Waals surface area contributed by atoms with Crippen LogP contribution in [0.5, 0.6) is 5.75 Å². The lowest BCUT2D eigenvalue weighted by atomic mass is 10.1. The third-order valence-electron chi connectivity index (χ3n) is 3.68. The van der Waals surface area contributed by atoms with Crippen molar-refractivity contribution in [2.75, 3.05) is 26.2 Å². The number of hydrogen-bond acceptors (Lipinski definition) is 5. The van der Waals surface area contributed by atoms with Gasteiger partial charge in [0.05, 0.1) is 17.4 Å². The fourth-order valence-corrected chi connectivity index (χ4v) is 3.45. The number of hydrogen-bond donors (Lipinski definition) is 2. The van der Waals surface area contributed by atoms with Gasteiger partial charge in [0.25, 0.3) is 0 Å². The van der Waals surface area contributed by atoms with Crippen LogP contribution in [0, 0.1) is 5.92 Å². The maximum atomic E-state index is 12.2. The first-order chi connectivity index (χ1) is 11.3. The third-order valence-corrected chi connectivity index (χ3v) is 5.16. The minimum atomic E-state index is -3.69. The fourth-order valence-electron chi connectivity index (χ4n) is 2.43. The van der Waals surface area contributed by atoms with E-state index in [-0.39, 0.29) is 36.9 Å². The average Bonchev–Trinajstić information content (AvgIpc) is 2.90. The van der Waals surface area contributed by atoms with E-state index in [9.17, 15) is 18.0 Å². The maximum absolute atomic E-state index is 12.2. The van der Waals surface area contributed by atoms with Crippen molar-refractivity contribution in [1.29, 1.82) is 0 Å². The molecule has 0 spiro atoms. The zero-order valence-corrected chi connectivity index (χ0v) is 14.1. The summed E-state index contributed by atoms with van der Waals surface area (Å²) in [4.78, 5) is 24.0. The number of rotatable bonds is 8. The number of carbonyl (C=O) groups excluding carboxylic acids is 1. The molecule has 1 fully saturated rings. The molecule has 1 unspecified atom stereocenters. The third kappa shape index (κ3) is 4.45. The van der Waals surface area contributed by atoms with Gasteiger partial charge in [0.1, 0.15) is 5.75 Å². The molecule has 132 valence electrons. The topological polar surface area (TPSA) is 113 Å². The quantitative estimate of drug-likeness (QED) is 0.692. The molecule has 1 amide bonds. The van der Waals surface area contributed by atoms with Crippen molar-refractivity contribution >= 4 is 21.9 Å². The van der Waals surface area contributed by atoms with Crippen LogP contribution in [0.15, 0.2) is 29.2 Å². The first kappa shape index (κ1) is 18.2. The van der Waals surface area contributed by atoms with E-state index in [1.165, 1.54) is 17.0 Å². The number of carboxylic acids is 1. The molecule has 1 saturated heterocycles. The fraction of sp³-hybridized carbons (Fsp3) is 0.467. The summed E-state index contributed by atoms with van der Waals surface area (Å²) >= 11 is 0. The summed E-state index contributed by atoms with van der Waals surface area (Å²) in [5.41, 5.74) is 0. The molecule has 2 N–H and O–H groups in total. The van der Waals surface area contributed by atoms with E-state index < -0.39 is 21.9 Å². The van der Waals surface area contributed by atoms with E-state index in [2.05, 4.69) is 4.72 Å². The predicted molar refractivity (Wildman–Crippen MR) is 85.1 cm³/mol. The van der Waals surface area contributed by atoms with Gasteiger partial charge in [-0.05, 0) is 31.2 Å². The molecule has 0 aromatic heterocycles. The summed E-state index contributed by atoms with van der Waals surface area (Å²) < 4.78 is 32.0. The summed E-state index contributed by atoms with van der Waals surface area (Å²) in [5, 5.41) is 8.91. The van der Waals surface area contributed by atoms with Crippen molar-refractivity contribution < 1.29 is 27.9 Å². The van der Waals surface area contributed by atoms with Crippen LogP contribution in [0.4, 0.5) is 0 Å². The van der Waals surface area contributed by atoms with E-state index in [1.807, 2.05) is 6.92 Å². The van der Waals surface area contributed by atoms with Gasteiger partial charge in [0.15, 0.2) is 0 Å². The number of nitrogens with zero attached hydrogens (tertiary/aromatic N) is 1. The lowest BCUT2D eigenvalue weighted by Gasteiger charge is -2.16. The zero-order valence-electron chi connectivity index (χ0n) is 13.3. The summed E-state index contributed by atoms with van der Waals surface area (Å²) in [5.74, 6) is -1.43. The molecule has 0 aliphatic carbocycles. The lowest BCUT2D eigenvalue weighted by Crippen LogP contribution is -2.36. The van der Waals surface area contributed by atoms with E-state index in [4.69, 9.17) is 9.84 Å². The van der Waals surface area contributed by atoms with Gasteiger partial charge >= 0.3 is 5.97 Å². The van der Waals surface area contributed by atoms with Gasteiger partial charge in [-0.1, -0.05) is 0 Å². The second kappa shape index (κ2) is 7.63. The van der Waals surface area contributed by atoms with Crippen molar-refractivity contribution in [1.82, 2.24) is 9.62 Å². The Kier molecular flexibility index (Phi) is 5.79. The van der Waals surface area contributed by atoms with Crippen LogP contribution < -0.4 is 9.46 Å². The van der Waals surface area contributed by atoms with Crippen molar-refractivity contribution in [2.45, 2.75) is 18.2 Å². The van der Waals surface area contributed by atoms with Gasteiger partial charge in [0, 0.05) is 26.1 Å². The number of benzene rings is 1. The van der Waals surface area contributed by atoms with Gasteiger partial charge in [-0.3, -0.25) is 9.59 Å². The van der Waals surface area contributed by atoms with Crippen molar-refractivity contribution in [3.63, 3.8) is 0 Å². The summed E-state index contributed by atoms with van der Waals surface area (Å²) in [7, 11) is -3.69. The van der Waals surface area contributed by atoms with E-state index in [0.717, 1.165) is 0 Å². The Morgan fingerprint density at radius 1 is 1.38 bits per heavy atom. The Hall–Kier alpha value is -2.13. The first-order valence-electron chi connectivity index (χ1n) is 7.56. The maximum Gasteiger partial charge on any atom is 0.308 e. The van der Waals surface area contributed by atoms with Crippen LogP contribution in [0.25, 0.3) is 0 Å². The second-order valence-electron chi connectivity index (χ2n) is 5.38. The van der Waals surface area contributed by atoms with Crippen LogP contribution in [0.1, 0.15) is 13.3 Å². The molecule has 1 atom stereocenters. The van der Waals surface area contributed by atoms with Crippen LogP contribution in [0.2, 0.25) is 0 Å². The Morgan fingerprint density at radius 2 is 2.04 bits per heavy atom. The van der Waals surface area contributed by atoms with Crippen molar-refractivity contribution in [3.8, 4) is 5.75 Å². The van der Waals surface area contributed by atoms with Crippen LogP contribution in [0.3, 0.4) is 0 Å². The standard InChI is InChI=1S/C15H20N2O6S/c1-2-23-12-3-5-13(6-4-12)24(21,22)16-7-8-17-10-11(15(19)20)9-14(17)18/h3-6,11,16H,2,7-10H2,1H3,(H,19,20). The predicted octanol–water partition coefficient (Wildman–Crippen LogP) is 0.297. The first-order valence-corrected chi connectivity index (χ1v) is 9.05. The zero-order chi connectivity index (χ0) is 17.7. The van der Waals surface area contributed by atoms with Gasteiger partial charge in [0.2, 0.25) is 15.9 Å². The molecule has 1 aliphatic rings. The SMILES string of the molecule is CCOc1ccc(S(=O)(=O)NCCN2CC(C(=O)O)CC2=O)cc1. The number of carboxylic acid groups (broad SMARTS) is 1. The van der Waals surface area contributed by atoms with E-state index in [0.29, 0.717) is 12.4 Å². The van der Waals surface area contributed by atoms with E-state index in [1.54, 1.807) is 12.1 Å². The summed E-state index contributed by atoms with van der Waals surface area (Å²) in [6, 6.07) is 6.02. The molecular weight excluding hydrogens is 336 g/mol. The Balaban J connectivity index is 1.89. The number of amides is 1. The molecule has 9 heteroatoms. The molecule has 0 bridgehead atoms. The number of carbonyl (C=O) groups is 2. The number of ether oxygens (including phenoxy) is 1. The smallest absolute Gasteiger partial charge is 0.308 e. The van der Waals surface area contributed by atoms with Crippen molar-refractivity contribution in [3.05, 3.63) is 24.3 Å². The van der Waals surface area contributed by atoms with Crippen molar-refractivity contribution in [2.24, 2.45) is 5.92 Å². The number of likely N-dealkylation sites (tertiary alicyclic amines) is 1. The Bertz CT molecular complexity index is 701. The average molecular weight is 356 g/mol. The van der Waals surface area contributed by atoms with Crippen LogP contribution in [-0.2, 0) is 19.6 Å². The number of nitrogens with one attached hydrogen (secondary N) is 1. The monoisotopic (exact) mass is 356 g/mol. The minimum Gasteiger partial charge on any atom is -0.494 e. The molecule has 0 radical (unpaired) electrons. The Morgan fingerprint density at radius 3 is 2.58 bits per heavy atom. The van der Waals surface area contributed by atoms with Gasteiger partial charge in [-0.15, -0.1) is 0 Å². The molecule has 1 aliphatic heterocycles. The normalized spacial score (nSPS) is 18.0. The highest BCUT2D eigenvalue weighted by Crippen LogP contribution is 2.18. The molecule has 1 aromatic carbocycles. The highest BCUT2D eigenvalue weighted by Gasteiger charge is 2.33. The number of sulfonamides is 1. The molecule has 1 heterocycles. The largest absolute Gasteiger partial charge is 0.494 e. The molecule has 24 heavy (non-hydrogen) atoms. The molecular formula is C15H20N2O6S. The van der Waals surface area contributed by atoms with Gasteiger partial charge in [-0.2, -0.15) is 0 Å². The van der Waals surface area contributed by atoms with Gasteiger partial charge in [-0.25, -0.2) is 13.1 Å². The minimum absolute atomic E-state index is 0.0215. The van der Waals surface area contributed by atoms with E-state index >= 15 is 0 Å². The summed E-state index contributed by atoms with van der Waals surface area (Å²) in [6.07, 6.45) is -0.0407. The lowest BCUT2D eigenvalue weighted by molar-refractivity contribution is -0.141. The summed E-state index contributed by atoms with van der Waals surface area (Å²) in [6.45, 7) is 2.60. The Labute approximate surface area is 140 Å². The molecule has 8 nitrogen and oxygen atoms in total. The highest BCUT2D eigenvalue weighted by atomic mass is 32.2. The molecule has 0 saturated carbocycles. The molecule has 2 rings (SSSR count). The number of aliphatic carboxylic acids is 1. The van der Waals surface area contributed by atoms with Crippen LogP contribution in [-0.4, -0.2) is 56.5 Å². The molecule has 1 aromatic rings. The van der Waals surface area contributed by atoms with Crippen LogP contribution >= 0.6 is 0 Å². The second-order valence-corrected chi connectivity index (χ2v) is 7.15. The highest BCUT2D eigenvalue weighted by molar-refractivity contribution is 7.89. The van der Waals surface area contributed by atoms with Gasteiger partial charge < -0.3 is 14.7 Å².